The lowest BCUT2D eigenvalue weighted by Crippen LogP contribution is -2.61. The number of fused-ring (bicyclic) bond motifs is 5. The Morgan fingerprint density at radius 2 is 2.02 bits per heavy atom. The number of nitrogens with one attached hydrogen (secondary N) is 1. The van der Waals surface area contributed by atoms with Gasteiger partial charge in [0.25, 0.3) is 0 Å². The fourth-order valence-electron chi connectivity index (χ4n) is 7.18. The van der Waals surface area contributed by atoms with Gasteiger partial charge in [-0.15, -0.1) is 0 Å². The average molecular weight is 611 g/mol. The SMILES string of the molecule is Oc1cc(Cl)c(C(F)(F)F)c(-c2ncc3c(N4CC5CCC4CN5)nc(OC[C@]45CCCN4C[C@@H](F)C5)nc3c2F)c1. The zero-order valence-corrected chi connectivity index (χ0v) is 23.2. The van der Waals surface area contributed by atoms with Crippen LogP contribution in [0.5, 0.6) is 11.8 Å². The van der Waals surface area contributed by atoms with Crippen LogP contribution < -0.4 is 15.0 Å². The largest absolute Gasteiger partial charge is 0.508 e. The zero-order valence-electron chi connectivity index (χ0n) is 22.4. The summed E-state index contributed by atoms with van der Waals surface area (Å²) in [6, 6.07) is 1.65. The van der Waals surface area contributed by atoms with Crippen molar-refractivity contribution in [3.05, 3.63) is 34.7 Å². The Labute approximate surface area is 242 Å². The summed E-state index contributed by atoms with van der Waals surface area (Å²) in [4.78, 5) is 17.2. The number of piperazine rings is 1. The second-order valence-corrected chi connectivity index (χ2v) is 12.1. The molecular weight excluding hydrogens is 583 g/mol. The molecule has 0 amide bonds. The zero-order chi connectivity index (χ0) is 29.4. The molecule has 2 bridgehead atoms. The third-order valence-electron chi connectivity index (χ3n) is 9.11. The van der Waals surface area contributed by atoms with Gasteiger partial charge in [0.05, 0.1) is 21.5 Å². The van der Waals surface area contributed by atoms with Gasteiger partial charge in [0.1, 0.15) is 35.6 Å². The van der Waals surface area contributed by atoms with Gasteiger partial charge in [0.15, 0.2) is 5.82 Å². The molecule has 3 aromatic rings. The predicted octanol–water partition coefficient (Wildman–Crippen LogP) is 5.10. The molecule has 2 aromatic heterocycles. The number of nitrogens with zero attached hydrogens (tertiary/aromatic N) is 5. The van der Waals surface area contributed by atoms with E-state index in [1.165, 1.54) is 6.20 Å². The smallest absolute Gasteiger partial charge is 0.418 e. The van der Waals surface area contributed by atoms with Gasteiger partial charge in [-0.1, -0.05) is 11.6 Å². The van der Waals surface area contributed by atoms with Crippen LogP contribution in [0.2, 0.25) is 5.02 Å². The van der Waals surface area contributed by atoms with E-state index >= 15 is 4.39 Å². The number of alkyl halides is 4. The lowest BCUT2D eigenvalue weighted by atomic mass is 9.93. The molecule has 2 unspecified atom stereocenters. The van der Waals surface area contributed by atoms with Crippen LogP contribution in [0.1, 0.15) is 37.7 Å². The summed E-state index contributed by atoms with van der Waals surface area (Å²) in [6.45, 7) is 2.49. The van der Waals surface area contributed by atoms with Crippen LogP contribution in [0.4, 0.5) is 27.8 Å². The minimum Gasteiger partial charge on any atom is -0.508 e. The molecule has 5 fully saturated rings. The number of piperidine rings is 2. The van der Waals surface area contributed by atoms with E-state index < -0.39 is 51.3 Å². The summed E-state index contributed by atoms with van der Waals surface area (Å²) in [5, 5.41) is 12.9. The Balaban J connectivity index is 1.36. The summed E-state index contributed by atoms with van der Waals surface area (Å²) < 4.78 is 78.8. The van der Waals surface area contributed by atoms with E-state index in [2.05, 4.69) is 25.2 Å². The summed E-state index contributed by atoms with van der Waals surface area (Å²) in [5.41, 5.74) is -3.47. The third-order valence-corrected chi connectivity index (χ3v) is 9.41. The molecule has 0 radical (unpaired) electrons. The van der Waals surface area contributed by atoms with E-state index in [9.17, 15) is 22.7 Å². The van der Waals surface area contributed by atoms with Crippen molar-refractivity contribution in [2.45, 2.75) is 62.1 Å². The van der Waals surface area contributed by atoms with Crippen molar-refractivity contribution in [2.24, 2.45) is 0 Å². The number of rotatable bonds is 5. The minimum absolute atomic E-state index is 0.0662. The maximum atomic E-state index is 16.3. The van der Waals surface area contributed by atoms with Crippen LogP contribution in [0, 0.1) is 5.82 Å². The standard InChI is InChI=1S/C28H28ClF5N6O2/c29-20-7-17(41)6-18(21(20)28(32,33)34)23-22(31)24-19(10-36-23)25(40-12-15-2-3-16(40)9-35-15)38-26(37-24)42-13-27-4-1-5-39(27)11-14(30)8-27/h6-7,10,14-16,35,41H,1-5,8-9,11-13H2/t14-,15?,16?,27+/m0/s1. The third kappa shape index (κ3) is 4.60. The lowest BCUT2D eigenvalue weighted by Gasteiger charge is -2.46. The summed E-state index contributed by atoms with van der Waals surface area (Å²) in [7, 11) is 0. The quantitative estimate of drug-likeness (QED) is 0.386. The molecule has 0 aliphatic carbocycles. The van der Waals surface area contributed by atoms with E-state index in [0.717, 1.165) is 44.4 Å². The summed E-state index contributed by atoms with van der Waals surface area (Å²) >= 11 is 5.87. The van der Waals surface area contributed by atoms with Crippen LogP contribution in [0.3, 0.4) is 0 Å². The number of anilines is 1. The van der Waals surface area contributed by atoms with Crippen molar-refractivity contribution in [2.75, 3.05) is 37.7 Å². The molecule has 5 aliphatic rings. The van der Waals surface area contributed by atoms with E-state index in [1.54, 1.807) is 0 Å². The Bertz CT molecular complexity index is 1550. The number of pyridine rings is 1. The van der Waals surface area contributed by atoms with Crippen molar-refractivity contribution < 1.29 is 31.8 Å². The predicted molar refractivity (Wildman–Crippen MR) is 145 cm³/mol. The van der Waals surface area contributed by atoms with Gasteiger partial charge in [0, 0.05) is 49.9 Å². The van der Waals surface area contributed by atoms with Crippen LogP contribution >= 0.6 is 11.6 Å². The monoisotopic (exact) mass is 610 g/mol. The van der Waals surface area contributed by atoms with Gasteiger partial charge >= 0.3 is 12.2 Å². The topological polar surface area (TPSA) is 86.6 Å². The first kappa shape index (κ1) is 27.8. The van der Waals surface area contributed by atoms with Crippen molar-refractivity contribution in [1.82, 2.24) is 25.2 Å². The molecule has 42 heavy (non-hydrogen) atoms. The van der Waals surface area contributed by atoms with Crippen molar-refractivity contribution >= 4 is 28.3 Å². The average Bonchev–Trinajstić information content (AvgIpc) is 3.47. The van der Waals surface area contributed by atoms with Gasteiger partial charge in [0.2, 0.25) is 0 Å². The highest BCUT2D eigenvalue weighted by Gasteiger charge is 2.49. The number of aromatic hydroxyl groups is 1. The van der Waals surface area contributed by atoms with Crippen LogP contribution in [-0.4, -0.2) is 81.5 Å². The van der Waals surface area contributed by atoms with E-state index in [-0.39, 0.29) is 35.6 Å². The number of hydrogen-bond acceptors (Lipinski definition) is 8. The van der Waals surface area contributed by atoms with Crippen molar-refractivity contribution in [3.8, 4) is 23.0 Å². The van der Waals surface area contributed by atoms with Crippen LogP contribution in [0.25, 0.3) is 22.2 Å². The number of phenols is 1. The first-order chi connectivity index (χ1) is 20.0. The van der Waals surface area contributed by atoms with Gasteiger partial charge < -0.3 is 20.1 Å². The molecule has 224 valence electrons. The maximum Gasteiger partial charge on any atom is 0.418 e. The molecule has 5 aliphatic heterocycles. The second kappa shape index (κ2) is 10.0. The van der Waals surface area contributed by atoms with Crippen molar-refractivity contribution in [1.29, 1.82) is 0 Å². The van der Waals surface area contributed by atoms with Gasteiger partial charge in [-0.3, -0.25) is 9.88 Å². The molecule has 8 rings (SSSR count). The normalized spacial score (nSPS) is 27.7. The summed E-state index contributed by atoms with van der Waals surface area (Å²) in [6.07, 6.45) is -0.834. The summed E-state index contributed by atoms with van der Waals surface area (Å²) in [5.74, 6) is -1.32. The molecule has 1 aromatic carbocycles. The fourth-order valence-corrected chi connectivity index (χ4v) is 7.50. The number of aromatic nitrogens is 3. The number of benzene rings is 1. The van der Waals surface area contributed by atoms with Crippen LogP contribution in [-0.2, 0) is 6.18 Å². The number of hydrogen-bond donors (Lipinski definition) is 2. The number of phenolic OH excluding ortho intramolecular Hbond substituents is 1. The molecule has 2 N–H and O–H groups in total. The number of ether oxygens (including phenoxy) is 1. The highest BCUT2D eigenvalue weighted by atomic mass is 35.5. The highest BCUT2D eigenvalue weighted by molar-refractivity contribution is 6.32. The minimum atomic E-state index is -4.95. The molecule has 4 atom stereocenters. The van der Waals surface area contributed by atoms with E-state index in [1.807, 2.05) is 4.90 Å². The van der Waals surface area contributed by atoms with E-state index in [4.69, 9.17) is 16.3 Å². The first-order valence-electron chi connectivity index (χ1n) is 14.0. The lowest BCUT2D eigenvalue weighted by molar-refractivity contribution is -0.137. The molecule has 0 saturated carbocycles. The highest BCUT2D eigenvalue weighted by Crippen LogP contribution is 2.45. The Morgan fingerprint density at radius 3 is 2.74 bits per heavy atom. The van der Waals surface area contributed by atoms with Gasteiger partial charge in [-0.2, -0.15) is 23.1 Å². The second-order valence-electron chi connectivity index (χ2n) is 11.7. The molecule has 5 saturated heterocycles. The molecule has 8 nitrogen and oxygen atoms in total. The number of halogens is 6. The molecule has 7 heterocycles. The Hall–Kier alpha value is -3.03. The first-order valence-corrected chi connectivity index (χ1v) is 14.4. The molecule has 0 spiro atoms. The molecular formula is C28H28ClF5N6O2. The van der Waals surface area contributed by atoms with E-state index in [0.29, 0.717) is 31.9 Å². The Morgan fingerprint density at radius 1 is 1.19 bits per heavy atom. The van der Waals surface area contributed by atoms with Gasteiger partial charge in [-0.05, 0) is 44.4 Å². The van der Waals surface area contributed by atoms with Crippen LogP contribution in [0.15, 0.2) is 18.3 Å². The van der Waals surface area contributed by atoms with Gasteiger partial charge in [-0.25, -0.2) is 8.78 Å². The maximum absolute atomic E-state index is 16.3. The molecule has 14 heteroatoms. The van der Waals surface area contributed by atoms with Crippen molar-refractivity contribution in [3.63, 3.8) is 0 Å². The Kier molecular flexibility index (Phi) is 6.63. The fraction of sp³-hybridized carbons (Fsp3) is 0.536.